The van der Waals surface area contributed by atoms with Crippen molar-refractivity contribution in [2.75, 3.05) is 18.0 Å². The van der Waals surface area contributed by atoms with Crippen LogP contribution in [-0.4, -0.2) is 28.3 Å². The van der Waals surface area contributed by atoms with Crippen LogP contribution in [0.3, 0.4) is 0 Å². The van der Waals surface area contributed by atoms with Gasteiger partial charge in [-0.1, -0.05) is 59.4 Å². The molecule has 0 unspecified atom stereocenters. The third-order valence-electron chi connectivity index (χ3n) is 5.20. The summed E-state index contributed by atoms with van der Waals surface area (Å²) in [6.07, 6.45) is 3.61. The van der Waals surface area contributed by atoms with Crippen LogP contribution >= 0.6 is 11.3 Å². The second-order valence-corrected chi connectivity index (χ2v) is 8.34. The highest BCUT2D eigenvalue weighted by Crippen LogP contribution is 2.39. The summed E-state index contributed by atoms with van der Waals surface area (Å²) in [7, 11) is 0. The Balaban J connectivity index is 1.56. The van der Waals surface area contributed by atoms with Gasteiger partial charge in [-0.2, -0.15) is 0 Å². The predicted molar refractivity (Wildman–Crippen MR) is 117 cm³/mol. The normalized spacial score (nSPS) is 14.3. The van der Waals surface area contributed by atoms with E-state index in [1.54, 1.807) is 11.3 Å². The molecule has 146 valence electrons. The molecule has 3 heterocycles. The van der Waals surface area contributed by atoms with E-state index >= 15 is 0 Å². The third-order valence-corrected chi connectivity index (χ3v) is 6.18. The van der Waals surface area contributed by atoms with Gasteiger partial charge in [0.05, 0.1) is 0 Å². The van der Waals surface area contributed by atoms with Crippen LogP contribution in [0.2, 0.25) is 0 Å². The SMILES string of the molecule is Cc1ccc(-c2nnc(-c3nc(-c4ccccc4)oc3N3CCCCC3)s2)cc1. The third kappa shape index (κ3) is 3.68. The Morgan fingerprint density at radius 1 is 0.828 bits per heavy atom. The van der Waals surface area contributed by atoms with Crippen molar-refractivity contribution in [2.24, 2.45) is 0 Å². The quantitative estimate of drug-likeness (QED) is 0.430. The number of anilines is 1. The maximum atomic E-state index is 6.28. The average Bonchev–Trinajstić information content (AvgIpc) is 3.43. The lowest BCUT2D eigenvalue weighted by Crippen LogP contribution is -2.29. The predicted octanol–water partition coefficient (Wildman–Crippen LogP) is 5.83. The summed E-state index contributed by atoms with van der Waals surface area (Å²) in [5, 5.41) is 10.6. The zero-order valence-electron chi connectivity index (χ0n) is 16.3. The summed E-state index contributed by atoms with van der Waals surface area (Å²) < 4.78 is 6.28. The fourth-order valence-corrected chi connectivity index (χ4v) is 4.43. The Bertz CT molecular complexity index is 1100. The molecule has 2 aromatic heterocycles. The topological polar surface area (TPSA) is 55.1 Å². The monoisotopic (exact) mass is 402 g/mol. The molecule has 0 amide bonds. The van der Waals surface area contributed by atoms with Crippen molar-refractivity contribution in [1.82, 2.24) is 15.2 Å². The molecule has 0 saturated carbocycles. The van der Waals surface area contributed by atoms with Crippen LogP contribution in [0.5, 0.6) is 0 Å². The minimum absolute atomic E-state index is 0.633. The molecule has 0 radical (unpaired) electrons. The van der Waals surface area contributed by atoms with Crippen molar-refractivity contribution < 1.29 is 4.42 Å². The van der Waals surface area contributed by atoms with Gasteiger partial charge >= 0.3 is 0 Å². The van der Waals surface area contributed by atoms with E-state index in [-0.39, 0.29) is 0 Å². The molecule has 1 fully saturated rings. The number of benzene rings is 2. The van der Waals surface area contributed by atoms with E-state index in [1.165, 1.54) is 24.8 Å². The lowest BCUT2D eigenvalue weighted by Gasteiger charge is -2.26. The largest absolute Gasteiger partial charge is 0.420 e. The minimum atomic E-state index is 0.633. The van der Waals surface area contributed by atoms with Crippen LogP contribution in [0.1, 0.15) is 24.8 Å². The zero-order chi connectivity index (χ0) is 19.6. The first-order valence-electron chi connectivity index (χ1n) is 10.00. The van der Waals surface area contributed by atoms with Crippen molar-refractivity contribution in [3.63, 3.8) is 0 Å². The number of aryl methyl sites for hydroxylation is 1. The van der Waals surface area contributed by atoms with Crippen LogP contribution < -0.4 is 4.90 Å². The minimum Gasteiger partial charge on any atom is -0.420 e. The molecule has 6 heteroatoms. The van der Waals surface area contributed by atoms with Crippen LogP contribution in [0.25, 0.3) is 32.7 Å². The summed E-state index contributed by atoms with van der Waals surface area (Å²) >= 11 is 1.56. The molecule has 1 saturated heterocycles. The Labute approximate surface area is 174 Å². The van der Waals surface area contributed by atoms with E-state index in [9.17, 15) is 0 Å². The molecule has 29 heavy (non-hydrogen) atoms. The van der Waals surface area contributed by atoms with Crippen molar-refractivity contribution in [1.29, 1.82) is 0 Å². The van der Waals surface area contributed by atoms with Gasteiger partial charge in [-0.15, -0.1) is 10.2 Å². The van der Waals surface area contributed by atoms with Crippen molar-refractivity contribution in [3.8, 4) is 32.7 Å². The van der Waals surface area contributed by atoms with E-state index in [0.717, 1.165) is 45.8 Å². The summed E-state index contributed by atoms with van der Waals surface area (Å²) in [5.41, 5.74) is 4.07. The summed E-state index contributed by atoms with van der Waals surface area (Å²) in [5.74, 6) is 1.45. The first kappa shape index (κ1) is 18.1. The maximum absolute atomic E-state index is 6.28. The molecule has 1 aliphatic rings. The van der Waals surface area contributed by atoms with Gasteiger partial charge in [0, 0.05) is 24.2 Å². The van der Waals surface area contributed by atoms with Gasteiger partial charge in [0.2, 0.25) is 11.8 Å². The Kier molecular flexibility index (Phi) is 4.86. The van der Waals surface area contributed by atoms with E-state index in [0.29, 0.717) is 5.89 Å². The van der Waals surface area contributed by atoms with Gasteiger partial charge in [-0.05, 0) is 38.3 Å². The summed E-state index contributed by atoms with van der Waals surface area (Å²) in [6.45, 7) is 4.06. The molecule has 0 bridgehead atoms. The molecule has 5 nitrogen and oxygen atoms in total. The molecule has 0 N–H and O–H groups in total. The highest BCUT2D eigenvalue weighted by Gasteiger charge is 2.25. The van der Waals surface area contributed by atoms with Crippen LogP contribution in [0.15, 0.2) is 59.0 Å². The maximum Gasteiger partial charge on any atom is 0.229 e. The molecule has 4 aromatic rings. The van der Waals surface area contributed by atoms with Gasteiger partial charge in [-0.25, -0.2) is 4.98 Å². The van der Waals surface area contributed by atoms with Crippen LogP contribution in [0, 0.1) is 6.92 Å². The smallest absolute Gasteiger partial charge is 0.229 e. The van der Waals surface area contributed by atoms with E-state index in [4.69, 9.17) is 9.40 Å². The van der Waals surface area contributed by atoms with Crippen molar-refractivity contribution in [3.05, 3.63) is 60.2 Å². The summed E-state index contributed by atoms with van der Waals surface area (Å²) in [6, 6.07) is 18.4. The highest BCUT2D eigenvalue weighted by molar-refractivity contribution is 7.17. The van der Waals surface area contributed by atoms with E-state index < -0.39 is 0 Å². The fourth-order valence-electron chi connectivity index (χ4n) is 3.60. The average molecular weight is 403 g/mol. The standard InChI is InChI=1S/C23H22N4OS/c1-16-10-12-18(13-11-16)21-25-26-22(29-21)19-23(27-14-6-3-7-15-27)28-20(24-19)17-8-4-2-5-9-17/h2,4-5,8-13H,3,6-7,14-15H2,1H3. The molecule has 0 aliphatic carbocycles. The molecule has 1 aliphatic heterocycles. The van der Waals surface area contributed by atoms with Crippen molar-refractivity contribution >= 4 is 17.2 Å². The Morgan fingerprint density at radius 2 is 1.55 bits per heavy atom. The second-order valence-electron chi connectivity index (χ2n) is 7.36. The number of oxazole rings is 1. The first-order valence-corrected chi connectivity index (χ1v) is 10.8. The number of nitrogens with zero attached hydrogens (tertiary/aromatic N) is 4. The lowest BCUT2D eigenvalue weighted by atomic mass is 10.1. The molecule has 0 atom stereocenters. The molecule has 2 aromatic carbocycles. The Morgan fingerprint density at radius 3 is 2.31 bits per heavy atom. The van der Waals surface area contributed by atoms with Crippen molar-refractivity contribution in [2.45, 2.75) is 26.2 Å². The van der Waals surface area contributed by atoms with Crippen LogP contribution in [-0.2, 0) is 0 Å². The molecular formula is C23H22N4OS. The van der Waals surface area contributed by atoms with Gasteiger partial charge in [0.1, 0.15) is 5.01 Å². The number of hydrogen-bond acceptors (Lipinski definition) is 6. The van der Waals surface area contributed by atoms with Gasteiger partial charge in [-0.3, -0.25) is 0 Å². The van der Waals surface area contributed by atoms with Crippen LogP contribution in [0.4, 0.5) is 5.88 Å². The van der Waals surface area contributed by atoms with E-state index in [2.05, 4.69) is 46.3 Å². The number of piperidine rings is 1. The fraction of sp³-hybridized carbons (Fsp3) is 0.261. The second kappa shape index (κ2) is 7.79. The molecule has 5 rings (SSSR count). The summed E-state index contributed by atoms with van der Waals surface area (Å²) in [4.78, 5) is 7.14. The van der Waals surface area contributed by atoms with Gasteiger partial charge in [0.15, 0.2) is 10.7 Å². The van der Waals surface area contributed by atoms with E-state index in [1.807, 2.05) is 30.3 Å². The van der Waals surface area contributed by atoms with Gasteiger partial charge < -0.3 is 9.32 Å². The first-order chi connectivity index (χ1) is 14.3. The van der Waals surface area contributed by atoms with Gasteiger partial charge in [0.25, 0.3) is 0 Å². The number of aromatic nitrogens is 3. The highest BCUT2D eigenvalue weighted by atomic mass is 32.1. The molecule has 0 spiro atoms. The lowest BCUT2D eigenvalue weighted by molar-refractivity contribution is 0.505. The Hall–Kier alpha value is -2.99. The number of hydrogen-bond donors (Lipinski definition) is 0. The number of rotatable bonds is 4. The zero-order valence-corrected chi connectivity index (χ0v) is 17.2. The molecular weight excluding hydrogens is 380 g/mol.